The minimum absolute atomic E-state index is 0.0856. The van der Waals surface area contributed by atoms with Crippen LogP contribution in [0.15, 0.2) is 84.0 Å². The molecule has 1 aromatic heterocycles. The molecular formula is C28H28Cl2N4O2S. The number of sulfonamides is 1. The van der Waals surface area contributed by atoms with Crippen molar-refractivity contribution in [3.8, 4) is 0 Å². The molecule has 0 radical (unpaired) electrons. The third-order valence-corrected chi connectivity index (χ3v) is 9.44. The van der Waals surface area contributed by atoms with Crippen molar-refractivity contribution in [2.45, 2.75) is 43.8 Å². The predicted octanol–water partition coefficient (Wildman–Crippen LogP) is 6.24. The highest BCUT2D eigenvalue weighted by atomic mass is 35.5. The Bertz CT molecular complexity index is 1490. The molecule has 1 atom stereocenters. The van der Waals surface area contributed by atoms with E-state index in [1.165, 1.54) is 23.8 Å². The van der Waals surface area contributed by atoms with Crippen molar-refractivity contribution in [3.05, 3.63) is 112 Å². The lowest BCUT2D eigenvalue weighted by molar-refractivity contribution is 0.370. The van der Waals surface area contributed by atoms with Crippen LogP contribution < -0.4 is 4.90 Å². The number of fused-ring (bicyclic) bond motifs is 1. The number of halogens is 2. The fourth-order valence-electron chi connectivity index (χ4n) is 4.83. The molecule has 0 saturated carbocycles. The van der Waals surface area contributed by atoms with Crippen LogP contribution in [0.5, 0.6) is 0 Å². The van der Waals surface area contributed by atoms with Crippen LogP contribution in [0.25, 0.3) is 0 Å². The smallest absolute Gasteiger partial charge is 0.243 e. The molecule has 6 nitrogen and oxygen atoms in total. The monoisotopic (exact) mass is 554 g/mol. The highest BCUT2D eigenvalue weighted by Gasteiger charge is 2.35. The summed E-state index contributed by atoms with van der Waals surface area (Å²) in [5, 5.41) is 0.539. The highest BCUT2D eigenvalue weighted by Crippen LogP contribution is 2.34. The van der Waals surface area contributed by atoms with Crippen LogP contribution in [0, 0.1) is 6.92 Å². The van der Waals surface area contributed by atoms with Crippen molar-refractivity contribution < 1.29 is 8.42 Å². The summed E-state index contributed by atoms with van der Waals surface area (Å²) in [7, 11) is -3.84. The van der Waals surface area contributed by atoms with Crippen LogP contribution in [0.3, 0.4) is 0 Å². The number of rotatable bonds is 7. The summed E-state index contributed by atoms with van der Waals surface area (Å²) in [6.45, 7) is 3.17. The summed E-state index contributed by atoms with van der Waals surface area (Å²) in [5.41, 5.74) is 5.13. The normalized spacial score (nSPS) is 16.4. The van der Waals surface area contributed by atoms with Crippen molar-refractivity contribution in [2.24, 2.45) is 0 Å². The number of nitrogens with one attached hydrogen (secondary N) is 1. The van der Waals surface area contributed by atoms with Gasteiger partial charge in [0.1, 0.15) is 0 Å². The molecule has 0 amide bonds. The molecule has 0 bridgehead atoms. The number of hydrogen-bond donors (Lipinski definition) is 1. The number of aromatic amines is 1. The molecule has 0 spiro atoms. The van der Waals surface area contributed by atoms with Gasteiger partial charge in [-0.25, -0.2) is 13.4 Å². The predicted molar refractivity (Wildman–Crippen MR) is 149 cm³/mol. The summed E-state index contributed by atoms with van der Waals surface area (Å²) in [6, 6.07) is 22.7. The van der Waals surface area contributed by atoms with Crippen LogP contribution in [-0.2, 0) is 29.5 Å². The first-order valence-corrected chi connectivity index (χ1v) is 14.3. The number of anilines is 1. The number of imidazole rings is 1. The van der Waals surface area contributed by atoms with Crippen molar-refractivity contribution in [2.75, 3.05) is 11.4 Å². The Labute approximate surface area is 227 Å². The lowest BCUT2D eigenvalue weighted by Crippen LogP contribution is -2.43. The molecule has 1 aliphatic heterocycles. The van der Waals surface area contributed by atoms with Gasteiger partial charge in [-0.2, -0.15) is 4.31 Å². The Morgan fingerprint density at radius 1 is 1.00 bits per heavy atom. The third-order valence-electron chi connectivity index (χ3n) is 6.90. The lowest BCUT2D eigenvalue weighted by Gasteiger charge is -2.34. The molecule has 2 heterocycles. The molecule has 0 fully saturated rings. The number of hydrogen-bond acceptors (Lipinski definition) is 4. The standard InChI is InChI=1S/C28H28Cl2N4O2S/c1-20-27(32-19-31-20)18-34-23(12-11-21-7-3-2-4-8-21)17-33(16-22-9-5-6-10-28(22)34)37(35,36)24-13-14-25(29)26(30)15-24/h2-10,13-15,19,23H,11-12,16-18H2,1H3,(H,31,32)/t23-/m1/s1. The zero-order chi connectivity index (χ0) is 26.0. The third kappa shape index (κ3) is 5.55. The van der Waals surface area contributed by atoms with Gasteiger partial charge in [-0.05, 0) is 55.2 Å². The number of benzene rings is 3. The SMILES string of the molecule is Cc1[nH]cnc1CN1c2ccccc2CN(S(=O)(=O)c2ccc(Cl)c(Cl)c2)C[C@H]1CCc1ccccc1. The number of para-hydroxylation sites is 1. The fraction of sp³-hybridized carbons (Fsp3) is 0.250. The van der Waals surface area contributed by atoms with Crippen molar-refractivity contribution in [3.63, 3.8) is 0 Å². The van der Waals surface area contributed by atoms with E-state index in [2.05, 4.69) is 33.1 Å². The Morgan fingerprint density at radius 3 is 2.49 bits per heavy atom. The van der Waals surface area contributed by atoms with Gasteiger partial charge in [0, 0.05) is 30.5 Å². The van der Waals surface area contributed by atoms with Gasteiger partial charge in [0.05, 0.1) is 33.5 Å². The fourth-order valence-corrected chi connectivity index (χ4v) is 6.67. The van der Waals surface area contributed by atoms with E-state index in [0.717, 1.165) is 35.5 Å². The summed E-state index contributed by atoms with van der Waals surface area (Å²) < 4.78 is 29.4. The molecule has 0 aliphatic carbocycles. The van der Waals surface area contributed by atoms with Gasteiger partial charge in [0.2, 0.25) is 10.0 Å². The van der Waals surface area contributed by atoms with Gasteiger partial charge in [-0.3, -0.25) is 0 Å². The first-order valence-electron chi connectivity index (χ1n) is 12.2. The van der Waals surface area contributed by atoms with Gasteiger partial charge in [-0.15, -0.1) is 0 Å². The molecule has 4 aromatic rings. The van der Waals surface area contributed by atoms with Gasteiger partial charge in [0.25, 0.3) is 0 Å². The zero-order valence-electron chi connectivity index (χ0n) is 20.4. The number of H-pyrrole nitrogens is 1. The molecule has 5 rings (SSSR count). The summed E-state index contributed by atoms with van der Waals surface area (Å²) >= 11 is 12.3. The second-order valence-corrected chi connectivity index (χ2v) is 12.0. The second-order valence-electron chi connectivity index (χ2n) is 9.28. The van der Waals surface area contributed by atoms with Crippen LogP contribution in [0.4, 0.5) is 5.69 Å². The van der Waals surface area contributed by atoms with E-state index in [4.69, 9.17) is 23.2 Å². The molecule has 1 aliphatic rings. The Kier molecular flexibility index (Phi) is 7.58. The van der Waals surface area contributed by atoms with E-state index in [-0.39, 0.29) is 22.5 Å². The average molecular weight is 556 g/mol. The maximum absolute atomic E-state index is 13.9. The number of aryl methyl sites for hydroxylation is 2. The number of aromatic nitrogens is 2. The van der Waals surface area contributed by atoms with Gasteiger partial charge in [-0.1, -0.05) is 71.7 Å². The summed E-state index contributed by atoms with van der Waals surface area (Å²) in [5.74, 6) is 0. The molecule has 9 heteroatoms. The van der Waals surface area contributed by atoms with Gasteiger partial charge >= 0.3 is 0 Å². The highest BCUT2D eigenvalue weighted by molar-refractivity contribution is 7.89. The Hall–Kier alpha value is -2.84. The van der Waals surface area contributed by atoms with E-state index in [1.807, 2.05) is 43.3 Å². The van der Waals surface area contributed by atoms with Gasteiger partial charge in [0.15, 0.2) is 0 Å². The van der Waals surface area contributed by atoms with Gasteiger partial charge < -0.3 is 9.88 Å². The molecule has 3 aromatic carbocycles. The van der Waals surface area contributed by atoms with Crippen LogP contribution in [-0.4, -0.2) is 35.3 Å². The van der Waals surface area contributed by atoms with Crippen LogP contribution >= 0.6 is 23.2 Å². The van der Waals surface area contributed by atoms with Crippen LogP contribution in [0.1, 0.15) is 28.9 Å². The molecule has 0 unspecified atom stereocenters. The molecular weight excluding hydrogens is 527 g/mol. The lowest BCUT2D eigenvalue weighted by atomic mass is 10.0. The maximum atomic E-state index is 13.9. The van der Waals surface area contributed by atoms with Crippen molar-refractivity contribution in [1.29, 1.82) is 0 Å². The summed E-state index contributed by atoms with van der Waals surface area (Å²) in [6.07, 6.45) is 3.30. The largest absolute Gasteiger partial charge is 0.361 e. The molecule has 1 N–H and O–H groups in total. The molecule has 192 valence electrons. The molecule has 0 saturated heterocycles. The van der Waals surface area contributed by atoms with E-state index in [0.29, 0.717) is 18.1 Å². The first kappa shape index (κ1) is 25.8. The molecule has 37 heavy (non-hydrogen) atoms. The first-order chi connectivity index (χ1) is 17.8. The maximum Gasteiger partial charge on any atom is 0.243 e. The average Bonchev–Trinajstić information content (AvgIpc) is 3.23. The van der Waals surface area contributed by atoms with E-state index >= 15 is 0 Å². The topological polar surface area (TPSA) is 69.3 Å². The second kappa shape index (κ2) is 10.9. The van der Waals surface area contributed by atoms with E-state index < -0.39 is 10.0 Å². The van der Waals surface area contributed by atoms with E-state index in [1.54, 1.807) is 10.6 Å². The summed E-state index contributed by atoms with van der Waals surface area (Å²) in [4.78, 5) is 10.2. The van der Waals surface area contributed by atoms with E-state index in [9.17, 15) is 8.42 Å². The van der Waals surface area contributed by atoms with Crippen LogP contribution in [0.2, 0.25) is 10.0 Å². The quantitative estimate of drug-likeness (QED) is 0.293. The minimum Gasteiger partial charge on any atom is -0.361 e. The zero-order valence-corrected chi connectivity index (χ0v) is 22.8. The van der Waals surface area contributed by atoms with Crippen molar-refractivity contribution in [1.82, 2.24) is 14.3 Å². The van der Waals surface area contributed by atoms with Crippen molar-refractivity contribution >= 4 is 38.9 Å². The Balaban J connectivity index is 1.56. The Morgan fingerprint density at radius 2 is 1.76 bits per heavy atom. The minimum atomic E-state index is -3.84. The number of nitrogens with zero attached hydrogens (tertiary/aromatic N) is 3.